The van der Waals surface area contributed by atoms with Gasteiger partial charge in [0, 0.05) is 44.5 Å². The van der Waals surface area contributed by atoms with Gasteiger partial charge in [0.05, 0.1) is 17.0 Å². The average Bonchev–Trinajstić information content (AvgIpc) is 2.93. The molecule has 0 radical (unpaired) electrons. The summed E-state index contributed by atoms with van der Waals surface area (Å²) in [7, 11) is 0. The second-order valence-electron chi connectivity index (χ2n) is 9.95. The summed E-state index contributed by atoms with van der Waals surface area (Å²) in [5.41, 5.74) is 0.610. The molecular formula is C29H35ClN2O6. The van der Waals surface area contributed by atoms with Crippen LogP contribution in [0.15, 0.2) is 48.5 Å². The largest absolute Gasteiger partial charge is 0.490 e. The van der Waals surface area contributed by atoms with Crippen LogP contribution in [0.4, 0.5) is 4.79 Å². The van der Waals surface area contributed by atoms with Crippen molar-refractivity contribution in [2.24, 2.45) is 5.92 Å². The molecule has 2 N–H and O–H groups in total. The number of carboxylic acid groups (broad SMARTS) is 1. The number of carboxylic acids is 1. The lowest BCUT2D eigenvalue weighted by molar-refractivity contribution is -0.143. The fraction of sp³-hybridized carbons (Fsp3) is 0.483. The number of aliphatic carboxylic acids is 1. The molecule has 2 aromatic carbocycles. The van der Waals surface area contributed by atoms with Gasteiger partial charge in [-0.25, -0.2) is 4.79 Å². The minimum absolute atomic E-state index is 0.0106. The minimum atomic E-state index is -0.730. The third-order valence-electron chi connectivity index (χ3n) is 7.22. The predicted octanol–water partition coefficient (Wildman–Crippen LogP) is 5.58. The Bertz CT molecular complexity index is 1090. The fourth-order valence-corrected chi connectivity index (χ4v) is 5.12. The van der Waals surface area contributed by atoms with Gasteiger partial charge in [0.2, 0.25) is 0 Å². The number of hydrogen-bond acceptors (Lipinski definition) is 5. The maximum Gasteiger partial charge on any atom is 0.317 e. The van der Waals surface area contributed by atoms with E-state index in [-0.39, 0.29) is 29.9 Å². The number of ketones is 1. The number of piperidine rings is 1. The quantitative estimate of drug-likeness (QED) is 0.300. The maximum absolute atomic E-state index is 12.6. The van der Waals surface area contributed by atoms with Gasteiger partial charge in [-0.2, -0.15) is 0 Å². The van der Waals surface area contributed by atoms with E-state index >= 15 is 0 Å². The highest BCUT2D eigenvalue weighted by molar-refractivity contribution is 6.32. The summed E-state index contributed by atoms with van der Waals surface area (Å²) in [4.78, 5) is 37.9. The van der Waals surface area contributed by atoms with E-state index in [1.54, 1.807) is 35.2 Å². The molecule has 0 spiro atoms. The predicted molar refractivity (Wildman–Crippen MR) is 144 cm³/mol. The van der Waals surface area contributed by atoms with Gasteiger partial charge in [-0.3, -0.25) is 9.59 Å². The van der Waals surface area contributed by atoms with Gasteiger partial charge < -0.3 is 24.8 Å². The van der Waals surface area contributed by atoms with E-state index in [0.29, 0.717) is 67.4 Å². The molecule has 2 amide bonds. The Morgan fingerprint density at radius 3 is 2.21 bits per heavy atom. The zero-order valence-electron chi connectivity index (χ0n) is 21.4. The molecule has 1 aliphatic heterocycles. The molecule has 204 valence electrons. The van der Waals surface area contributed by atoms with Gasteiger partial charge >= 0.3 is 12.0 Å². The molecule has 2 aliphatic rings. The summed E-state index contributed by atoms with van der Waals surface area (Å²) in [6.45, 7) is 1.64. The summed E-state index contributed by atoms with van der Waals surface area (Å²) >= 11 is 6.17. The van der Waals surface area contributed by atoms with Crippen molar-refractivity contribution in [3.05, 3.63) is 59.1 Å². The number of carbonyl (C=O) groups is 3. The smallest absolute Gasteiger partial charge is 0.317 e. The molecule has 1 saturated heterocycles. The second-order valence-corrected chi connectivity index (χ2v) is 10.4. The molecule has 0 unspecified atom stereocenters. The van der Waals surface area contributed by atoms with Gasteiger partial charge in [0.25, 0.3) is 0 Å². The Kier molecular flexibility index (Phi) is 9.87. The number of nitrogens with one attached hydrogen (secondary N) is 1. The van der Waals surface area contributed by atoms with Gasteiger partial charge in [0.1, 0.15) is 17.6 Å². The van der Waals surface area contributed by atoms with E-state index in [4.69, 9.17) is 26.2 Å². The summed E-state index contributed by atoms with van der Waals surface area (Å²) in [5.74, 6) is 0.375. The second kappa shape index (κ2) is 13.5. The lowest BCUT2D eigenvalue weighted by Gasteiger charge is -2.32. The molecule has 1 heterocycles. The number of nitrogens with zero attached hydrogens (tertiary/aromatic N) is 1. The summed E-state index contributed by atoms with van der Waals surface area (Å²) in [5, 5.41) is 12.6. The van der Waals surface area contributed by atoms with E-state index in [1.807, 2.05) is 18.2 Å². The first-order valence-corrected chi connectivity index (χ1v) is 13.7. The van der Waals surface area contributed by atoms with E-state index in [2.05, 4.69) is 5.32 Å². The average molecular weight is 543 g/mol. The highest BCUT2D eigenvalue weighted by atomic mass is 35.5. The van der Waals surface area contributed by atoms with Gasteiger partial charge in [-0.15, -0.1) is 0 Å². The van der Waals surface area contributed by atoms with Crippen LogP contribution in [-0.4, -0.2) is 59.6 Å². The Balaban J connectivity index is 1.11. The number of carbonyl (C=O) groups excluding carboxylic acids is 2. The first kappa shape index (κ1) is 27.8. The topological polar surface area (TPSA) is 105 Å². The Morgan fingerprint density at radius 2 is 1.55 bits per heavy atom. The van der Waals surface area contributed by atoms with Crippen molar-refractivity contribution in [1.29, 1.82) is 0 Å². The molecule has 0 aromatic heterocycles. The van der Waals surface area contributed by atoms with Gasteiger partial charge in [-0.1, -0.05) is 23.7 Å². The number of benzene rings is 2. The normalized spacial score (nSPS) is 20.0. The summed E-state index contributed by atoms with van der Waals surface area (Å²) in [6, 6.07) is 14.4. The molecule has 38 heavy (non-hydrogen) atoms. The molecule has 4 rings (SSSR count). The number of ether oxygens (including phenoxy) is 2. The molecule has 8 nitrogen and oxygen atoms in total. The van der Waals surface area contributed by atoms with Crippen molar-refractivity contribution in [3.63, 3.8) is 0 Å². The third kappa shape index (κ3) is 7.87. The van der Waals surface area contributed by atoms with Crippen molar-refractivity contribution in [2.45, 2.75) is 63.6 Å². The minimum Gasteiger partial charge on any atom is -0.490 e. The third-order valence-corrected chi connectivity index (χ3v) is 7.53. The number of para-hydroxylation sites is 1. The lowest BCUT2D eigenvalue weighted by Crippen LogP contribution is -2.46. The van der Waals surface area contributed by atoms with Crippen molar-refractivity contribution in [2.75, 3.05) is 19.6 Å². The van der Waals surface area contributed by atoms with Crippen LogP contribution in [0.1, 0.15) is 61.7 Å². The molecule has 2 fully saturated rings. The molecule has 1 aliphatic carbocycles. The Hall–Kier alpha value is -3.26. The molecule has 1 saturated carbocycles. The molecular weight excluding hydrogens is 508 g/mol. The number of Topliss-reactive ketones (excluding diaryl/α,β-unsaturated/α-hetero) is 1. The van der Waals surface area contributed by atoms with E-state index in [9.17, 15) is 14.4 Å². The van der Waals surface area contributed by atoms with Crippen molar-refractivity contribution >= 4 is 29.4 Å². The number of urea groups is 1. The van der Waals surface area contributed by atoms with Gasteiger partial charge in [-0.05, 0) is 68.5 Å². The summed E-state index contributed by atoms with van der Waals surface area (Å²) in [6.07, 6.45) is 5.11. The summed E-state index contributed by atoms with van der Waals surface area (Å²) < 4.78 is 12.0. The number of amides is 2. The van der Waals surface area contributed by atoms with Crippen LogP contribution in [0.3, 0.4) is 0 Å². The van der Waals surface area contributed by atoms with Crippen LogP contribution in [-0.2, 0) is 4.79 Å². The van der Waals surface area contributed by atoms with Crippen LogP contribution in [0.2, 0.25) is 5.02 Å². The highest BCUT2D eigenvalue weighted by Gasteiger charge is 2.27. The van der Waals surface area contributed by atoms with E-state index in [1.165, 1.54) is 0 Å². The highest BCUT2D eigenvalue weighted by Crippen LogP contribution is 2.28. The number of hydrogen-bond donors (Lipinski definition) is 2. The van der Waals surface area contributed by atoms with Crippen molar-refractivity contribution in [3.8, 4) is 11.5 Å². The molecule has 0 atom stereocenters. The van der Waals surface area contributed by atoms with Crippen molar-refractivity contribution in [1.82, 2.24) is 10.2 Å². The maximum atomic E-state index is 12.6. The van der Waals surface area contributed by atoms with E-state index in [0.717, 1.165) is 25.7 Å². The van der Waals surface area contributed by atoms with Crippen LogP contribution in [0, 0.1) is 5.92 Å². The van der Waals surface area contributed by atoms with Crippen LogP contribution in [0.5, 0.6) is 11.5 Å². The standard InChI is InChI=1S/C29H35ClN2O6/c30-25-4-1-2-6-27(25)38-24-15-18-32(19-16-24)29(36)31-17-3-5-26(33)20-7-11-22(12-8-20)37-23-13-9-21(10-14-23)28(34)35/h1-2,4,6-8,11-12,21,23-24H,3,5,9-10,13-19H2,(H,31,36)(H,34,35). The van der Waals surface area contributed by atoms with E-state index < -0.39 is 5.97 Å². The van der Waals surface area contributed by atoms with Crippen LogP contribution < -0.4 is 14.8 Å². The van der Waals surface area contributed by atoms with Gasteiger partial charge in [0.15, 0.2) is 5.78 Å². The number of likely N-dealkylation sites (tertiary alicyclic amines) is 1. The SMILES string of the molecule is O=C(CCCNC(=O)N1CCC(Oc2ccccc2Cl)CC1)c1ccc(OC2CCC(C(=O)O)CC2)cc1. The number of rotatable bonds is 10. The Morgan fingerprint density at radius 1 is 0.895 bits per heavy atom. The first-order chi connectivity index (χ1) is 18.4. The number of halogens is 1. The molecule has 9 heteroatoms. The fourth-order valence-electron chi connectivity index (χ4n) is 4.94. The molecule has 0 bridgehead atoms. The van der Waals surface area contributed by atoms with Crippen LogP contribution in [0.25, 0.3) is 0 Å². The monoisotopic (exact) mass is 542 g/mol. The Labute approximate surface area is 228 Å². The van der Waals surface area contributed by atoms with Crippen LogP contribution >= 0.6 is 11.6 Å². The zero-order chi connectivity index (χ0) is 26.9. The van der Waals surface area contributed by atoms with Crippen molar-refractivity contribution < 1.29 is 29.0 Å². The molecule has 2 aromatic rings. The zero-order valence-corrected chi connectivity index (χ0v) is 22.2. The lowest BCUT2D eigenvalue weighted by atomic mass is 9.87. The first-order valence-electron chi connectivity index (χ1n) is 13.4.